The van der Waals surface area contributed by atoms with Crippen LogP contribution in [0.4, 0.5) is 5.69 Å². The fourth-order valence-corrected chi connectivity index (χ4v) is 2.81. The summed E-state index contributed by atoms with van der Waals surface area (Å²) in [5.41, 5.74) is 1.44. The lowest BCUT2D eigenvalue weighted by atomic mass is 10.2. The summed E-state index contributed by atoms with van der Waals surface area (Å²) in [5.74, 6) is -0.798. The van der Waals surface area contributed by atoms with E-state index in [0.717, 1.165) is 5.56 Å². The predicted octanol–water partition coefficient (Wildman–Crippen LogP) is 2.47. The molecule has 9 nitrogen and oxygen atoms in total. The molecule has 0 aliphatic heterocycles. The minimum absolute atomic E-state index is 0.0739. The van der Waals surface area contributed by atoms with Crippen molar-refractivity contribution in [3.8, 4) is 6.07 Å². The van der Waals surface area contributed by atoms with Crippen molar-refractivity contribution in [2.24, 2.45) is 0 Å². The van der Waals surface area contributed by atoms with Crippen LogP contribution in [0.2, 0.25) is 0 Å². The summed E-state index contributed by atoms with van der Waals surface area (Å²) < 4.78 is 6.56. The predicted molar refractivity (Wildman–Crippen MR) is 113 cm³/mol. The molecule has 3 rings (SSSR count). The molecule has 0 N–H and O–H groups in total. The van der Waals surface area contributed by atoms with E-state index >= 15 is 0 Å². The Morgan fingerprint density at radius 1 is 1.13 bits per heavy atom. The van der Waals surface area contributed by atoms with E-state index in [2.05, 4.69) is 15.5 Å². The van der Waals surface area contributed by atoms with Crippen molar-refractivity contribution in [2.75, 3.05) is 18.1 Å². The summed E-state index contributed by atoms with van der Waals surface area (Å²) >= 11 is 0. The second-order valence-corrected chi connectivity index (χ2v) is 6.44. The lowest BCUT2D eigenvalue weighted by Gasteiger charge is -2.21. The highest BCUT2D eigenvalue weighted by Gasteiger charge is 2.21. The van der Waals surface area contributed by atoms with Crippen LogP contribution >= 0.6 is 0 Å². The SMILES string of the molecule is Cc1nnnn1/C(=C/c1ccccc1)C(=O)OCC(=O)N(CCC#N)c1ccccc1. The Bertz CT molecular complexity index is 1100. The Morgan fingerprint density at radius 3 is 2.42 bits per heavy atom. The lowest BCUT2D eigenvalue weighted by Crippen LogP contribution is -2.35. The van der Waals surface area contributed by atoms with Gasteiger partial charge in [0.2, 0.25) is 0 Å². The van der Waals surface area contributed by atoms with E-state index < -0.39 is 18.5 Å². The number of rotatable bonds is 8. The number of carbonyl (C=O) groups is 2. The first-order valence-electron chi connectivity index (χ1n) is 9.51. The number of esters is 1. The van der Waals surface area contributed by atoms with Gasteiger partial charge in [-0.1, -0.05) is 48.5 Å². The Balaban J connectivity index is 1.78. The molecule has 0 aliphatic rings. The van der Waals surface area contributed by atoms with Crippen molar-refractivity contribution < 1.29 is 14.3 Å². The largest absolute Gasteiger partial charge is 0.451 e. The highest BCUT2D eigenvalue weighted by molar-refractivity contribution is 6.15. The van der Waals surface area contributed by atoms with Crippen molar-refractivity contribution in [1.29, 1.82) is 5.26 Å². The number of tetrazole rings is 1. The Morgan fingerprint density at radius 2 is 1.81 bits per heavy atom. The van der Waals surface area contributed by atoms with Gasteiger partial charge in [-0.3, -0.25) is 4.79 Å². The summed E-state index contributed by atoms with van der Waals surface area (Å²) in [6.45, 7) is 1.35. The fourth-order valence-electron chi connectivity index (χ4n) is 2.81. The maximum absolute atomic E-state index is 12.8. The first-order valence-corrected chi connectivity index (χ1v) is 9.51. The molecular weight excluding hydrogens is 396 g/mol. The third kappa shape index (κ3) is 5.61. The Hall–Kier alpha value is -4.32. The van der Waals surface area contributed by atoms with Crippen LogP contribution < -0.4 is 4.90 Å². The van der Waals surface area contributed by atoms with Gasteiger partial charge in [0.05, 0.1) is 12.5 Å². The van der Waals surface area contributed by atoms with Crippen LogP contribution in [0.1, 0.15) is 17.8 Å². The molecule has 0 saturated carbocycles. The second-order valence-electron chi connectivity index (χ2n) is 6.44. The maximum atomic E-state index is 12.8. The number of aromatic nitrogens is 4. The molecule has 0 unspecified atom stereocenters. The number of hydrogen-bond donors (Lipinski definition) is 0. The van der Waals surface area contributed by atoms with E-state index in [1.165, 1.54) is 9.58 Å². The highest BCUT2D eigenvalue weighted by atomic mass is 16.5. The van der Waals surface area contributed by atoms with E-state index in [1.807, 2.05) is 42.5 Å². The molecule has 0 bridgehead atoms. The van der Waals surface area contributed by atoms with Crippen LogP contribution in [-0.2, 0) is 14.3 Å². The standard InChI is InChI=1S/C22H20N6O3/c1-17-24-25-26-28(17)20(15-18-9-4-2-5-10-18)22(30)31-16-21(29)27(14-8-13-23)19-11-6-3-7-12-19/h2-7,9-12,15H,8,14,16H2,1H3/b20-15+. The summed E-state index contributed by atoms with van der Waals surface area (Å²) in [5, 5.41) is 20.1. The molecule has 0 saturated heterocycles. The number of benzene rings is 2. The van der Waals surface area contributed by atoms with Crippen molar-refractivity contribution in [3.05, 3.63) is 72.1 Å². The molecule has 9 heteroatoms. The van der Waals surface area contributed by atoms with Gasteiger partial charge in [-0.15, -0.1) is 5.10 Å². The van der Waals surface area contributed by atoms with Gasteiger partial charge in [0.1, 0.15) is 0 Å². The Kier molecular flexibility index (Phi) is 7.21. The molecule has 31 heavy (non-hydrogen) atoms. The van der Waals surface area contributed by atoms with Gasteiger partial charge in [-0.25, -0.2) is 4.79 Å². The highest BCUT2D eigenvalue weighted by Crippen LogP contribution is 2.16. The van der Waals surface area contributed by atoms with E-state index in [9.17, 15) is 9.59 Å². The van der Waals surface area contributed by atoms with Gasteiger partial charge in [-0.2, -0.15) is 9.94 Å². The number of nitriles is 1. The summed E-state index contributed by atoms with van der Waals surface area (Å²) in [6, 6.07) is 20.1. The smallest absolute Gasteiger partial charge is 0.357 e. The number of amides is 1. The molecule has 0 radical (unpaired) electrons. The number of para-hydroxylation sites is 1. The van der Waals surface area contributed by atoms with Crippen LogP contribution in [-0.4, -0.2) is 45.2 Å². The summed E-state index contributed by atoms with van der Waals surface area (Å²) in [6.07, 6.45) is 1.73. The number of nitrogens with zero attached hydrogens (tertiary/aromatic N) is 6. The van der Waals surface area contributed by atoms with Crippen molar-refractivity contribution in [2.45, 2.75) is 13.3 Å². The monoisotopic (exact) mass is 416 g/mol. The number of carbonyl (C=O) groups excluding carboxylic acids is 2. The van der Waals surface area contributed by atoms with Gasteiger partial charge in [0.25, 0.3) is 5.91 Å². The van der Waals surface area contributed by atoms with E-state index in [1.54, 1.807) is 37.3 Å². The Labute approximate surface area is 179 Å². The number of hydrogen-bond acceptors (Lipinski definition) is 7. The zero-order valence-corrected chi connectivity index (χ0v) is 16.9. The molecule has 0 atom stereocenters. The average Bonchev–Trinajstić information content (AvgIpc) is 3.23. The third-order valence-corrected chi connectivity index (χ3v) is 4.31. The molecule has 0 fully saturated rings. The number of anilines is 1. The molecule has 3 aromatic rings. The summed E-state index contributed by atoms with van der Waals surface area (Å²) in [4.78, 5) is 27.0. The van der Waals surface area contributed by atoms with Crippen LogP contribution in [0, 0.1) is 18.3 Å². The van der Waals surface area contributed by atoms with Crippen LogP contribution in [0.3, 0.4) is 0 Å². The molecule has 0 spiro atoms. The van der Waals surface area contributed by atoms with E-state index in [0.29, 0.717) is 11.5 Å². The zero-order valence-electron chi connectivity index (χ0n) is 16.9. The van der Waals surface area contributed by atoms with Crippen LogP contribution in [0.5, 0.6) is 0 Å². The zero-order chi connectivity index (χ0) is 22.1. The van der Waals surface area contributed by atoms with Gasteiger partial charge < -0.3 is 9.64 Å². The first-order chi connectivity index (χ1) is 15.1. The van der Waals surface area contributed by atoms with E-state index in [4.69, 9.17) is 10.00 Å². The molecule has 1 aromatic heterocycles. The summed E-state index contributed by atoms with van der Waals surface area (Å²) in [7, 11) is 0. The minimum atomic E-state index is -0.749. The molecular formula is C22H20N6O3. The third-order valence-electron chi connectivity index (χ3n) is 4.31. The maximum Gasteiger partial charge on any atom is 0.357 e. The lowest BCUT2D eigenvalue weighted by molar-refractivity contribution is -0.142. The van der Waals surface area contributed by atoms with Gasteiger partial charge in [-0.05, 0) is 41.1 Å². The first kappa shape index (κ1) is 21.4. The topological polar surface area (TPSA) is 114 Å². The quantitative estimate of drug-likeness (QED) is 0.409. The van der Waals surface area contributed by atoms with Gasteiger partial charge >= 0.3 is 5.97 Å². The minimum Gasteiger partial charge on any atom is -0.451 e. The molecule has 156 valence electrons. The molecule has 0 aliphatic carbocycles. The van der Waals surface area contributed by atoms with Crippen molar-refractivity contribution in [3.63, 3.8) is 0 Å². The van der Waals surface area contributed by atoms with Gasteiger partial charge in [0.15, 0.2) is 18.1 Å². The number of ether oxygens (including phenoxy) is 1. The normalized spacial score (nSPS) is 10.9. The van der Waals surface area contributed by atoms with Crippen molar-refractivity contribution in [1.82, 2.24) is 20.2 Å². The van der Waals surface area contributed by atoms with Crippen molar-refractivity contribution >= 4 is 29.3 Å². The van der Waals surface area contributed by atoms with Crippen LogP contribution in [0.25, 0.3) is 11.8 Å². The molecule has 2 aromatic carbocycles. The molecule has 1 heterocycles. The fraction of sp³-hybridized carbons (Fsp3) is 0.182. The van der Waals surface area contributed by atoms with E-state index in [-0.39, 0.29) is 18.7 Å². The van der Waals surface area contributed by atoms with Gasteiger partial charge in [0, 0.05) is 12.2 Å². The average molecular weight is 416 g/mol. The van der Waals surface area contributed by atoms with Crippen LogP contribution in [0.15, 0.2) is 60.7 Å². The molecule has 1 amide bonds. The number of aryl methyl sites for hydroxylation is 1. The second kappa shape index (κ2) is 10.5.